The lowest BCUT2D eigenvalue weighted by atomic mass is 9.78. The van der Waals surface area contributed by atoms with Crippen LogP contribution in [0.3, 0.4) is 0 Å². The van der Waals surface area contributed by atoms with Gasteiger partial charge in [0.15, 0.2) is 0 Å². The molecule has 0 aliphatic rings. The molecule has 21 heavy (non-hydrogen) atoms. The van der Waals surface area contributed by atoms with Crippen LogP contribution in [0.1, 0.15) is 111 Å². The van der Waals surface area contributed by atoms with Crippen LogP contribution in [0.25, 0.3) is 0 Å². The first-order valence-electron chi connectivity index (χ1n) is 9.51. The molecule has 0 aromatic rings. The second-order valence-electron chi connectivity index (χ2n) is 7.52. The Labute approximate surface area is 134 Å². The molecule has 126 valence electrons. The fourth-order valence-electron chi connectivity index (χ4n) is 2.78. The van der Waals surface area contributed by atoms with Crippen molar-refractivity contribution in [2.75, 3.05) is 0 Å². The minimum Gasteiger partial charge on any atom is -0.303 e. The van der Waals surface area contributed by atoms with Crippen LogP contribution in [0.5, 0.6) is 0 Å². The summed E-state index contributed by atoms with van der Waals surface area (Å²) in [7, 11) is 0. The Balaban J connectivity index is 3.24. The molecule has 0 N–H and O–H groups in total. The van der Waals surface area contributed by atoms with Crippen molar-refractivity contribution in [1.29, 1.82) is 0 Å². The summed E-state index contributed by atoms with van der Waals surface area (Å²) in [6.07, 6.45) is 19.1. The van der Waals surface area contributed by atoms with Gasteiger partial charge in [0, 0.05) is 5.41 Å². The van der Waals surface area contributed by atoms with Crippen LogP contribution >= 0.6 is 0 Å². The predicted molar refractivity (Wildman–Crippen MR) is 94.7 cm³/mol. The van der Waals surface area contributed by atoms with E-state index in [9.17, 15) is 4.79 Å². The van der Waals surface area contributed by atoms with Gasteiger partial charge in [-0.05, 0) is 12.3 Å². The summed E-state index contributed by atoms with van der Waals surface area (Å²) in [6.45, 7) is 8.62. The van der Waals surface area contributed by atoms with E-state index in [0.717, 1.165) is 6.29 Å². The molecular weight excluding hydrogens is 256 g/mol. The van der Waals surface area contributed by atoms with E-state index in [4.69, 9.17) is 0 Å². The maximum Gasteiger partial charge on any atom is 0.125 e. The second-order valence-corrected chi connectivity index (χ2v) is 7.52. The lowest BCUT2D eigenvalue weighted by Gasteiger charge is -2.25. The van der Waals surface area contributed by atoms with Gasteiger partial charge in [0.05, 0.1) is 0 Å². The quantitative estimate of drug-likeness (QED) is 0.236. The summed E-state index contributed by atoms with van der Waals surface area (Å²) >= 11 is 0. The average Bonchev–Trinajstić information content (AvgIpc) is 2.48. The van der Waals surface area contributed by atoms with E-state index in [2.05, 4.69) is 27.7 Å². The Hall–Kier alpha value is -0.330. The van der Waals surface area contributed by atoms with Crippen LogP contribution in [0.4, 0.5) is 0 Å². The molecule has 0 spiro atoms. The highest BCUT2D eigenvalue weighted by Crippen LogP contribution is 2.28. The molecule has 1 atom stereocenters. The number of carbonyl (C=O) groups excluding carboxylic acids is 1. The fraction of sp³-hybridized carbons (Fsp3) is 0.950. The van der Waals surface area contributed by atoms with E-state index in [1.807, 2.05) is 0 Å². The van der Waals surface area contributed by atoms with Gasteiger partial charge in [-0.3, -0.25) is 0 Å². The van der Waals surface area contributed by atoms with Gasteiger partial charge in [0.2, 0.25) is 0 Å². The van der Waals surface area contributed by atoms with Crippen molar-refractivity contribution in [2.45, 2.75) is 111 Å². The molecular formula is C20H40O. The van der Waals surface area contributed by atoms with Crippen LogP contribution in [0, 0.1) is 11.3 Å². The summed E-state index contributed by atoms with van der Waals surface area (Å²) in [6, 6.07) is 0. The van der Waals surface area contributed by atoms with Gasteiger partial charge in [-0.15, -0.1) is 0 Å². The van der Waals surface area contributed by atoms with Gasteiger partial charge in [0.25, 0.3) is 0 Å². The minimum atomic E-state index is -0.141. The number of hydrogen-bond donors (Lipinski definition) is 0. The summed E-state index contributed by atoms with van der Waals surface area (Å²) < 4.78 is 0. The van der Waals surface area contributed by atoms with Crippen molar-refractivity contribution in [2.24, 2.45) is 11.3 Å². The third-order valence-corrected chi connectivity index (χ3v) is 5.06. The van der Waals surface area contributed by atoms with Crippen LogP contribution in [0.15, 0.2) is 0 Å². The van der Waals surface area contributed by atoms with Gasteiger partial charge < -0.3 is 4.79 Å². The molecule has 0 amide bonds. The number of unbranched alkanes of at least 4 members (excludes halogenated alkanes) is 11. The molecule has 0 rings (SSSR count). The first-order valence-corrected chi connectivity index (χ1v) is 9.51. The molecule has 1 heteroatoms. The van der Waals surface area contributed by atoms with E-state index in [1.165, 1.54) is 83.5 Å². The molecule has 0 aliphatic heterocycles. The van der Waals surface area contributed by atoms with Crippen LogP contribution in [0.2, 0.25) is 0 Å². The highest BCUT2D eigenvalue weighted by Gasteiger charge is 2.24. The van der Waals surface area contributed by atoms with Gasteiger partial charge in [0.1, 0.15) is 6.29 Å². The molecule has 1 nitrogen and oxygen atoms in total. The number of aldehydes is 1. The van der Waals surface area contributed by atoms with Crippen molar-refractivity contribution in [1.82, 2.24) is 0 Å². The second kappa shape index (κ2) is 13.3. The largest absolute Gasteiger partial charge is 0.303 e. The molecule has 0 heterocycles. The Morgan fingerprint density at radius 1 is 0.762 bits per heavy atom. The number of hydrogen-bond acceptors (Lipinski definition) is 1. The normalized spacial score (nSPS) is 13.3. The van der Waals surface area contributed by atoms with Crippen LogP contribution in [-0.4, -0.2) is 6.29 Å². The standard InChI is InChI=1S/C20H40O/c1-5-6-7-8-9-10-11-12-13-14-15-16-17-19(2)20(3,4)18-21/h18-19H,5-17H2,1-4H3. The van der Waals surface area contributed by atoms with Crippen molar-refractivity contribution in [3.8, 4) is 0 Å². The van der Waals surface area contributed by atoms with Gasteiger partial charge >= 0.3 is 0 Å². The molecule has 1 unspecified atom stereocenters. The molecule has 0 bridgehead atoms. The fourth-order valence-corrected chi connectivity index (χ4v) is 2.78. The maximum absolute atomic E-state index is 11.0. The summed E-state index contributed by atoms with van der Waals surface area (Å²) in [5.74, 6) is 0.512. The first kappa shape index (κ1) is 20.7. The molecule has 0 radical (unpaired) electrons. The van der Waals surface area contributed by atoms with Gasteiger partial charge in [-0.25, -0.2) is 0 Å². The number of rotatable bonds is 15. The lowest BCUT2D eigenvalue weighted by Crippen LogP contribution is -2.22. The summed E-state index contributed by atoms with van der Waals surface area (Å²) in [5, 5.41) is 0. The zero-order chi connectivity index (χ0) is 16.0. The topological polar surface area (TPSA) is 17.1 Å². The van der Waals surface area contributed by atoms with Crippen molar-refractivity contribution in [3.05, 3.63) is 0 Å². The Morgan fingerprint density at radius 2 is 1.14 bits per heavy atom. The van der Waals surface area contributed by atoms with E-state index >= 15 is 0 Å². The predicted octanol–water partition coefficient (Wildman–Crippen LogP) is 6.94. The maximum atomic E-state index is 11.0. The van der Waals surface area contributed by atoms with E-state index in [1.54, 1.807) is 0 Å². The molecule has 0 fully saturated rings. The third-order valence-electron chi connectivity index (χ3n) is 5.06. The minimum absolute atomic E-state index is 0.141. The SMILES string of the molecule is CCCCCCCCCCCCCCC(C)C(C)(C)C=O. The van der Waals surface area contributed by atoms with Crippen LogP contribution < -0.4 is 0 Å². The zero-order valence-corrected chi connectivity index (χ0v) is 15.3. The molecule has 0 saturated heterocycles. The van der Waals surface area contributed by atoms with Crippen molar-refractivity contribution < 1.29 is 4.79 Å². The highest BCUT2D eigenvalue weighted by atomic mass is 16.1. The van der Waals surface area contributed by atoms with Gasteiger partial charge in [-0.2, -0.15) is 0 Å². The van der Waals surface area contributed by atoms with Crippen LogP contribution in [-0.2, 0) is 4.79 Å². The average molecular weight is 297 g/mol. The molecule has 0 aromatic heterocycles. The van der Waals surface area contributed by atoms with E-state index < -0.39 is 0 Å². The summed E-state index contributed by atoms with van der Waals surface area (Å²) in [4.78, 5) is 11.0. The smallest absolute Gasteiger partial charge is 0.125 e. The Bertz CT molecular complexity index is 232. The molecule has 0 saturated carbocycles. The molecule has 0 aromatic carbocycles. The third kappa shape index (κ3) is 12.0. The van der Waals surface area contributed by atoms with E-state index in [0.29, 0.717) is 5.92 Å². The van der Waals surface area contributed by atoms with E-state index in [-0.39, 0.29) is 5.41 Å². The highest BCUT2D eigenvalue weighted by molar-refractivity contribution is 5.58. The summed E-state index contributed by atoms with van der Waals surface area (Å²) in [5.41, 5.74) is -0.141. The first-order chi connectivity index (χ1) is 10.0. The monoisotopic (exact) mass is 296 g/mol. The molecule has 0 aliphatic carbocycles. The van der Waals surface area contributed by atoms with Crippen molar-refractivity contribution >= 4 is 6.29 Å². The van der Waals surface area contributed by atoms with Gasteiger partial charge in [-0.1, -0.05) is 105 Å². The van der Waals surface area contributed by atoms with Crippen molar-refractivity contribution in [3.63, 3.8) is 0 Å². The Morgan fingerprint density at radius 3 is 1.52 bits per heavy atom. The zero-order valence-electron chi connectivity index (χ0n) is 15.3. The Kier molecular flexibility index (Phi) is 13.1. The lowest BCUT2D eigenvalue weighted by molar-refractivity contribution is -0.116. The number of carbonyl (C=O) groups is 1.